The Hall–Kier alpha value is -1.06. The molecule has 4 heteroatoms. The first-order chi connectivity index (χ1) is 7.18. The van der Waals surface area contributed by atoms with Crippen molar-refractivity contribution in [2.75, 3.05) is 26.7 Å². The third-order valence-electron chi connectivity index (χ3n) is 3.47. The van der Waals surface area contributed by atoms with E-state index in [1.165, 1.54) is 0 Å². The first kappa shape index (κ1) is 10.5. The van der Waals surface area contributed by atoms with E-state index < -0.39 is 0 Å². The number of carbonyl (C=O) groups is 2. The highest BCUT2D eigenvalue weighted by molar-refractivity contribution is 5.87. The fourth-order valence-corrected chi connectivity index (χ4v) is 2.38. The average molecular weight is 210 g/mol. The van der Waals surface area contributed by atoms with Gasteiger partial charge in [-0.2, -0.15) is 0 Å². The summed E-state index contributed by atoms with van der Waals surface area (Å²) in [5.41, 5.74) is 0. The van der Waals surface area contributed by atoms with Gasteiger partial charge >= 0.3 is 0 Å². The number of likely N-dealkylation sites (N-methyl/N-ethyl adjacent to an activating group) is 1. The van der Waals surface area contributed by atoms with E-state index in [2.05, 4.69) is 0 Å². The van der Waals surface area contributed by atoms with Crippen LogP contribution in [0.1, 0.15) is 25.7 Å². The van der Waals surface area contributed by atoms with E-state index in [1.54, 1.807) is 16.8 Å². The van der Waals surface area contributed by atoms with Gasteiger partial charge in [0.1, 0.15) is 0 Å². The maximum atomic E-state index is 12.0. The summed E-state index contributed by atoms with van der Waals surface area (Å²) in [4.78, 5) is 26.9. The molecule has 0 radical (unpaired) electrons. The molecule has 1 heterocycles. The maximum Gasteiger partial charge on any atom is 0.241 e. The third-order valence-corrected chi connectivity index (χ3v) is 3.47. The van der Waals surface area contributed by atoms with E-state index in [1.807, 2.05) is 0 Å². The number of piperazine rings is 1. The van der Waals surface area contributed by atoms with Crippen molar-refractivity contribution in [3.05, 3.63) is 0 Å². The molecule has 15 heavy (non-hydrogen) atoms. The number of carbonyl (C=O) groups excluding carboxylic acids is 2. The Balaban J connectivity index is 1.93. The highest BCUT2D eigenvalue weighted by atomic mass is 16.2. The second-order valence-electron chi connectivity index (χ2n) is 4.56. The van der Waals surface area contributed by atoms with Crippen LogP contribution in [0.4, 0.5) is 0 Å². The molecule has 1 aliphatic heterocycles. The Morgan fingerprint density at radius 1 is 1.27 bits per heavy atom. The van der Waals surface area contributed by atoms with Crippen LogP contribution in [0, 0.1) is 5.92 Å². The summed E-state index contributed by atoms with van der Waals surface area (Å²) in [6.45, 7) is 1.67. The largest absolute Gasteiger partial charge is 0.342 e. The maximum absolute atomic E-state index is 12.0. The van der Waals surface area contributed by atoms with Gasteiger partial charge in [-0.3, -0.25) is 9.59 Å². The molecule has 1 saturated heterocycles. The lowest BCUT2D eigenvalue weighted by molar-refractivity contribution is -0.146. The monoisotopic (exact) mass is 210 g/mol. The summed E-state index contributed by atoms with van der Waals surface area (Å²) in [7, 11) is 1.79. The summed E-state index contributed by atoms with van der Waals surface area (Å²) in [5.74, 6) is 0.461. The van der Waals surface area contributed by atoms with Crippen molar-refractivity contribution >= 4 is 11.8 Å². The lowest BCUT2D eigenvalue weighted by atomic mass is 10.1. The zero-order valence-electron chi connectivity index (χ0n) is 9.24. The molecule has 0 unspecified atom stereocenters. The SMILES string of the molecule is CN1CCN(C(=O)C2CCCC2)CC1=O. The molecule has 2 aliphatic rings. The van der Waals surface area contributed by atoms with Crippen molar-refractivity contribution in [3.63, 3.8) is 0 Å². The molecule has 2 rings (SSSR count). The van der Waals surface area contributed by atoms with E-state index in [0.29, 0.717) is 13.1 Å². The van der Waals surface area contributed by atoms with Gasteiger partial charge in [-0.15, -0.1) is 0 Å². The molecular formula is C11H18N2O2. The Kier molecular flexibility index (Phi) is 2.93. The van der Waals surface area contributed by atoms with Crippen LogP contribution in [0.3, 0.4) is 0 Å². The van der Waals surface area contributed by atoms with Crippen LogP contribution in [0.5, 0.6) is 0 Å². The zero-order chi connectivity index (χ0) is 10.8. The van der Waals surface area contributed by atoms with E-state index >= 15 is 0 Å². The van der Waals surface area contributed by atoms with Gasteiger partial charge in [-0.05, 0) is 12.8 Å². The normalized spacial score (nSPS) is 23.7. The fraction of sp³-hybridized carbons (Fsp3) is 0.818. The molecule has 1 aliphatic carbocycles. The predicted octanol–water partition coefficient (Wildman–Crippen LogP) is 0.477. The predicted molar refractivity (Wildman–Crippen MR) is 56.2 cm³/mol. The molecule has 84 valence electrons. The van der Waals surface area contributed by atoms with E-state index in [4.69, 9.17) is 0 Å². The topological polar surface area (TPSA) is 40.6 Å². The van der Waals surface area contributed by atoms with Gasteiger partial charge in [-0.25, -0.2) is 0 Å². The van der Waals surface area contributed by atoms with E-state index in [-0.39, 0.29) is 24.3 Å². The highest BCUT2D eigenvalue weighted by Gasteiger charge is 2.31. The minimum absolute atomic E-state index is 0.0626. The minimum atomic E-state index is 0.0626. The third kappa shape index (κ3) is 2.13. The van der Waals surface area contributed by atoms with Gasteiger partial charge in [0.2, 0.25) is 11.8 Å². The van der Waals surface area contributed by atoms with Gasteiger partial charge in [0.05, 0.1) is 6.54 Å². The Labute approximate surface area is 90.2 Å². The first-order valence-electron chi connectivity index (χ1n) is 5.71. The van der Waals surface area contributed by atoms with Crippen LogP contribution in [0.25, 0.3) is 0 Å². The van der Waals surface area contributed by atoms with Crippen LogP contribution in [0.15, 0.2) is 0 Å². The Bertz CT molecular complexity index is 272. The Morgan fingerprint density at radius 2 is 1.93 bits per heavy atom. The smallest absolute Gasteiger partial charge is 0.241 e. The molecule has 2 fully saturated rings. The lowest BCUT2D eigenvalue weighted by Crippen LogP contribution is -2.51. The standard InChI is InChI=1S/C11H18N2O2/c1-12-6-7-13(8-10(12)14)11(15)9-4-2-3-5-9/h9H,2-8H2,1H3. The molecule has 0 atom stereocenters. The minimum Gasteiger partial charge on any atom is -0.342 e. The van der Waals surface area contributed by atoms with Crippen LogP contribution < -0.4 is 0 Å². The molecule has 1 saturated carbocycles. The molecular weight excluding hydrogens is 192 g/mol. The average Bonchev–Trinajstić information content (AvgIpc) is 2.74. The van der Waals surface area contributed by atoms with E-state index in [9.17, 15) is 9.59 Å². The van der Waals surface area contributed by atoms with Gasteiger partial charge in [0, 0.05) is 26.1 Å². The van der Waals surface area contributed by atoms with Crippen LogP contribution in [-0.4, -0.2) is 48.3 Å². The number of hydrogen-bond donors (Lipinski definition) is 0. The van der Waals surface area contributed by atoms with E-state index in [0.717, 1.165) is 25.7 Å². The second-order valence-corrected chi connectivity index (χ2v) is 4.56. The molecule has 0 aromatic rings. The van der Waals surface area contributed by atoms with Crippen molar-refractivity contribution < 1.29 is 9.59 Å². The van der Waals surface area contributed by atoms with Crippen molar-refractivity contribution in [1.82, 2.24) is 9.80 Å². The number of nitrogens with zero attached hydrogens (tertiary/aromatic N) is 2. The summed E-state index contributed by atoms with van der Waals surface area (Å²) in [6, 6.07) is 0. The molecule has 0 bridgehead atoms. The summed E-state index contributed by atoms with van der Waals surface area (Å²) < 4.78 is 0. The second kappa shape index (κ2) is 4.21. The summed E-state index contributed by atoms with van der Waals surface area (Å²) >= 11 is 0. The zero-order valence-corrected chi connectivity index (χ0v) is 9.24. The fourth-order valence-electron chi connectivity index (χ4n) is 2.38. The molecule has 0 N–H and O–H groups in total. The van der Waals surface area contributed by atoms with Crippen LogP contribution in [-0.2, 0) is 9.59 Å². The molecule has 0 spiro atoms. The molecule has 2 amide bonds. The van der Waals surface area contributed by atoms with Crippen molar-refractivity contribution in [2.45, 2.75) is 25.7 Å². The highest BCUT2D eigenvalue weighted by Crippen LogP contribution is 2.26. The lowest BCUT2D eigenvalue weighted by Gasteiger charge is -2.33. The molecule has 0 aromatic carbocycles. The first-order valence-corrected chi connectivity index (χ1v) is 5.71. The van der Waals surface area contributed by atoms with Crippen molar-refractivity contribution in [1.29, 1.82) is 0 Å². The van der Waals surface area contributed by atoms with Crippen LogP contribution >= 0.6 is 0 Å². The van der Waals surface area contributed by atoms with Gasteiger partial charge in [-0.1, -0.05) is 12.8 Å². The van der Waals surface area contributed by atoms with Crippen molar-refractivity contribution in [2.24, 2.45) is 5.92 Å². The summed E-state index contributed by atoms with van der Waals surface area (Å²) in [6.07, 6.45) is 4.36. The quantitative estimate of drug-likeness (QED) is 0.631. The Morgan fingerprint density at radius 3 is 2.53 bits per heavy atom. The number of rotatable bonds is 1. The van der Waals surface area contributed by atoms with Gasteiger partial charge in [0.25, 0.3) is 0 Å². The number of amides is 2. The van der Waals surface area contributed by atoms with Crippen LogP contribution in [0.2, 0.25) is 0 Å². The number of hydrogen-bond acceptors (Lipinski definition) is 2. The molecule has 4 nitrogen and oxygen atoms in total. The summed E-state index contributed by atoms with van der Waals surface area (Å²) in [5, 5.41) is 0. The van der Waals surface area contributed by atoms with Gasteiger partial charge in [0.15, 0.2) is 0 Å². The molecule has 0 aromatic heterocycles. The van der Waals surface area contributed by atoms with Crippen molar-refractivity contribution in [3.8, 4) is 0 Å². The van der Waals surface area contributed by atoms with Gasteiger partial charge < -0.3 is 9.80 Å².